The molecule has 0 bridgehead atoms. The highest BCUT2D eigenvalue weighted by molar-refractivity contribution is 5.97. The molecule has 0 saturated heterocycles. The van der Waals surface area contributed by atoms with Crippen molar-refractivity contribution in [2.75, 3.05) is 11.4 Å². The Bertz CT molecular complexity index is 1200. The summed E-state index contributed by atoms with van der Waals surface area (Å²) in [5.41, 5.74) is 9.94. The molecule has 1 aromatic carbocycles. The topological polar surface area (TPSA) is 118 Å². The van der Waals surface area contributed by atoms with Crippen molar-refractivity contribution >= 4 is 17.7 Å². The number of nitrogens with zero attached hydrogens (tertiary/aromatic N) is 1. The molecule has 0 spiro atoms. The summed E-state index contributed by atoms with van der Waals surface area (Å²) in [6.07, 6.45) is 7.97. The lowest BCUT2D eigenvalue weighted by atomic mass is 9.90. The molecule has 8 nitrogen and oxygen atoms in total. The molecule has 0 radical (unpaired) electrons. The number of carbonyl (C=O) groups is 2. The Morgan fingerprint density at radius 1 is 1.20 bits per heavy atom. The molecule has 4 N–H and O–H groups in total. The van der Waals surface area contributed by atoms with Gasteiger partial charge in [0, 0.05) is 47.2 Å². The average Bonchev–Trinajstić information content (AvgIpc) is 2.80. The maximum atomic E-state index is 13.2. The first-order chi connectivity index (χ1) is 16.6. The Labute approximate surface area is 206 Å². The first kappa shape index (κ1) is 25.9. The van der Waals surface area contributed by atoms with Crippen LogP contribution in [0, 0.1) is 33.1 Å². The predicted octanol–water partition coefficient (Wildman–Crippen LogP) is 3.44. The second-order valence-electron chi connectivity index (χ2n) is 9.09. The minimum absolute atomic E-state index is 0.122. The first-order valence-corrected chi connectivity index (χ1v) is 12.0. The van der Waals surface area contributed by atoms with E-state index in [9.17, 15) is 14.4 Å². The molecule has 1 saturated carbocycles. The third-order valence-corrected chi connectivity index (χ3v) is 6.73. The number of aromatic nitrogens is 1. The fourth-order valence-electron chi connectivity index (χ4n) is 4.95. The Kier molecular flexibility index (Phi) is 8.23. The Morgan fingerprint density at radius 3 is 2.46 bits per heavy atom. The Balaban J connectivity index is 1.84. The molecule has 0 aliphatic heterocycles. The lowest BCUT2D eigenvalue weighted by Crippen LogP contribution is -2.41. The largest absolute Gasteiger partial charge is 0.446 e. The zero-order valence-corrected chi connectivity index (χ0v) is 20.9. The number of rotatable bonds is 7. The quantitative estimate of drug-likeness (QED) is 0.527. The SMILES string of the molecule is C#Cc1cc(C(=O)NCc2c(C)cc(C)[nH]c2=O)c(C)c(N(CC)[C@H]2CC[C@H](OC(N)=O)CC2)c1. The lowest BCUT2D eigenvalue weighted by Gasteiger charge is -2.38. The summed E-state index contributed by atoms with van der Waals surface area (Å²) in [6, 6.07) is 5.76. The number of aromatic amines is 1. The van der Waals surface area contributed by atoms with E-state index in [-0.39, 0.29) is 30.2 Å². The minimum Gasteiger partial charge on any atom is -0.446 e. The van der Waals surface area contributed by atoms with Crippen LogP contribution in [0.2, 0.25) is 0 Å². The number of hydrogen-bond donors (Lipinski definition) is 3. The number of nitrogens with two attached hydrogens (primary N) is 1. The van der Waals surface area contributed by atoms with Crippen LogP contribution in [0.4, 0.5) is 10.5 Å². The number of aryl methyl sites for hydroxylation is 2. The van der Waals surface area contributed by atoms with Gasteiger partial charge in [0.2, 0.25) is 0 Å². The molecule has 8 heteroatoms. The Morgan fingerprint density at radius 2 is 1.89 bits per heavy atom. The molecule has 0 atom stereocenters. The monoisotopic (exact) mass is 478 g/mol. The molecule has 1 heterocycles. The number of hydrogen-bond acceptors (Lipinski definition) is 5. The highest BCUT2D eigenvalue weighted by atomic mass is 16.6. The van der Waals surface area contributed by atoms with E-state index in [4.69, 9.17) is 16.9 Å². The van der Waals surface area contributed by atoms with E-state index in [1.165, 1.54) is 0 Å². The van der Waals surface area contributed by atoms with Gasteiger partial charge in [0.25, 0.3) is 11.5 Å². The summed E-state index contributed by atoms with van der Waals surface area (Å²) in [6.45, 7) is 8.52. The molecule has 3 rings (SSSR count). The molecule has 2 amide bonds. The number of benzene rings is 1. The van der Waals surface area contributed by atoms with Gasteiger partial charge in [-0.1, -0.05) is 5.92 Å². The van der Waals surface area contributed by atoms with Gasteiger partial charge in [-0.2, -0.15) is 0 Å². The van der Waals surface area contributed by atoms with Crippen LogP contribution in [0.1, 0.15) is 70.9 Å². The minimum atomic E-state index is -0.739. The van der Waals surface area contributed by atoms with Gasteiger partial charge in [-0.05, 0) is 82.7 Å². The third kappa shape index (κ3) is 6.04. The molecule has 35 heavy (non-hydrogen) atoms. The molecule has 2 aromatic rings. The van der Waals surface area contributed by atoms with Crippen LogP contribution in [0.25, 0.3) is 0 Å². The molecule has 1 aliphatic rings. The smallest absolute Gasteiger partial charge is 0.404 e. The van der Waals surface area contributed by atoms with Gasteiger partial charge in [0.15, 0.2) is 0 Å². The summed E-state index contributed by atoms with van der Waals surface area (Å²) < 4.78 is 5.17. The normalized spacial score (nSPS) is 17.3. The molecule has 1 aromatic heterocycles. The van der Waals surface area contributed by atoms with Crippen molar-refractivity contribution in [1.29, 1.82) is 0 Å². The molecular weight excluding hydrogens is 444 g/mol. The van der Waals surface area contributed by atoms with Gasteiger partial charge < -0.3 is 25.7 Å². The van der Waals surface area contributed by atoms with Crippen molar-refractivity contribution in [3.05, 3.63) is 62.1 Å². The van der Waals surface area contributed by atoms with Crippen molar-refractivity contribution in [3.63, 3.8) is 0 Å². The van der Waals surface area contributed by atoms with Gasteiger partial charge in [0.1, 0.15) is 6.10 Å². The molecular formula is C27H34N4O4. The van der Waals surface area contributed by atoms with Crippen LogP contribution >= 0.6 is 0 Å². The van der Waals surface area contributed by atoms with E-state index in [0.717, 1.165) is 54.7 Å². The number of carbonyl (C=O) groups excluding carboxylic acids is 2. The standard InChI is InChI=1S/C27H34N4O4/c1-6-19-13-22(25(32)29-15-23-16(3)12-17(4)30-26(23)33)18(5)24(14-19)31(7-2)20-8-10-21(11-9-20)35-27(28)34/h1,12-14,20-21H,7-11,15H2,2-5H3,(H2,28,34)(H,29,32)(H,30,33)/t20-,21-. The van der Waals surface area contributed by atoms with E-state index in [0.29, 0.717) is 16.7 Å². The van der Waals surface area contributed by atoms with Crippen molar-refractivity contribution in [2.24, 2.45) is 5.73 Å². The summed E-state index contributed by atoms with van der Waals surface area (Å²) in [7, 11) is 0. The van der Waals surface area contributed by atoms with Crippen molar-refractivity contribution < 1.29 is 14.3 Å². The second-order valence-corrected chi connectivity index (χ2v) is 9.09. The summed E-state index contributed by atoms with van der Waals surface area (Å²) >= 11 is 0. The summed E-state index contributed by atoms with van der Waals surface area (Å²) in [5.74, 6) is 2.38. The second kappa shape index (κ2) is 11.1. The number of nitrogens with one attached hydrogen (secondary N) is 2. The zero-order valence-electron chi connectivity index (χ0n) is 20.9. The number of anilines is 1. The van der Waals surface area contributed by atoms with Crippen molar-refractivity contribution in [1.82, 2.24) is 10.3 Å². The first-order valence-electron chi connectivity index (χ1n) is 12.0. The van der Waals surface area contributed by atoms with E-state index >= 15 is 0 Å². The fraction of sp³-hybridized carbons (Fsp3) is 0.444. The molecule has 186 valence electrons. The number of H-pyrrole nitrogens is 1. The number of ether oxygens (including phenoxy) is 1. The van der Waals surface area contributed by atoms with Crippen molar-refractivity contribution in [3.8, 4) is 12.3 Å². The molecule has 1 aliphatic carbocycles. The fourth-order valence-corrected chi connectivity index (χ4v) is 4.95. The number of primary amides is 1. The number of pyridine rings is 1. The maximum absolute atomic E-state index is 13.2. The highest BCUT2D eigenvalue weighted by Gasteiger charge is 2.29. The van der Waals surface area contributed by atoms with Crippen LogP contribution in [0.5, 0.6) is 0 Å². The van der Waals surface area contributed by atoms with Crippen LogP contribution in [-0.4, -0.2) is 35.7 Å². The lowest BCUT2D eigenvalue weighted by molar-refractivity contribution is 0.0784. The van der Waals surface area contributed by atoms with E-state index in [1.54, 1.807) is 6.07 Å². The van der Waals surface area contributed by atoms with E-state index in [2.05, 4.69) is 28.0 Å². The van der Waals surface area contributed by atoms with E-state index in [1.807, 2.05) is 32.9 Å². The maximum Gasteiger partial charge on any atom is 0.404 e. The summed E-state index contributed by atoms with van der Waals surface area (Å²) in [5, 5.41) is 2.89. The van der Waals surface area contributed by atoms with Gasteiger partial charge in [-0.3, -0.25) is 9.59 Å². The number of amides is 2. The predicted molar refractivity (Wildman–Crippen MR) is 137 cm³/mol. The van der Waals surface area contributed by atoms with Gasteiger partial charge in [-0.25, -0.2) is 4.79 Å². The zero-order chi connectivity index (χ0) is 25.7. The summed E-state index contributed by atoms with van der Waals surface area (Å²) in [4.78, 5) is 41.7. The van der Waals surface area contributed by atoms with Crippen LogP contribution < -0.4 is 21.5 Å². The average molecular weight is 479 g/mol. The highest BCUT2D eigenvalue weighted by Crippen LogP contribution is 2.32. The molecule has 0 unspecified atom stereocenters. The van der Waals surface area contributed by atoms with Crippen LogP contribution in [-0.2, 0) is 11.3 Å². The Hall–Kier alpha value is -3.73. The van der Waals surface area contributed by atoms with E-state index < -0.39 is 6.09 Å². The van der Waals surface area contributed by atoms with Crippen LogP contribution in [0.3, 0.4) is 0 Å². The number of terminal acetylenes is 1. The van der Waals surface area contributed by atoms with Crippen molar-refractivity contribution in [2.45, 2.75) is 72.1 Å². The third-order valence-electron chi connectivity index (χ3n) is 6.73. The van der Waals surface area contributed by atoms with Gasteiger partial charge >= 0.3 is 6.09 Å². The van der Waals surface area contributed by atoms with Gasteiger partial charge in [-0.15, -0.1) is 6.42 Å². The molecule has 1 fully saturated rings. The van der Waals surface area contributed by atoms with Gasteiger partial charge in [0.05, 0.1) is 0 Å². The van der Waals surface area contributed by atoms with Crippen LogP contribution in [0.15, 0.2) is 23.0 Å².